The lowest BCUT2D eigenvalue weighted by Crippen LogP contribution is -2.30. The molecule has 0 aliphatic carbocycles. The molecule has 0 aromatic heterocycles. The van der Waals surface area contributed by atoms with E-state index in [0.717, 1.165) is 114 Å². The van der Waals surface area contributed by atoms with Crippen LogP contribution in [0.15, 0.2) is 0 Å². The zero-order chi connectivity index (χ0) is 70.3. The molecule has 0 saturated heterocycles. The molecule has 0 fully saturated rings. The predicted octanol–water partition coefficient (Wildman–Crippen LogP) is 22.0. The van der Waals surface area contributed by atoms with E-state index in [-0.39, 0.29) is 25.7 Å². The van der Waals surface area contributed by atoms with Crippen LogP contribution in [-0.4, -0.2) is 96.7 Å². The lowest BCUT2D eigenvalue weighted by Gasteiger charge is -2.21. The van der Waals surface area contributed by atoms with E-state index in [1.807, 2.05) is 0 Å². The number of ether oxygens (including phenoxy) is 4. The van der Waals surface area contributed by atoms with Crippen LogP contribution >= 0.6 is 15.6 Å². The molecule has 0 heterocycles. The summed E-state index contributed by atoms with van der Waals surface area (Å²) in [7, 11) is -9.91. The number of carbonyl (C=O) groups excluding carboxylic acids is 4. The third-order valence-corrected chi connectivity index (χ3v) is 19.5. The quantitative estimate of drug-likeness (QED) is 0.0222. The Morgan fingerprint density at radius 3 is 0.653 bits per heavy atom. The van der Waals surface area contributed by atoms with Crippen molar-refractivity contribution in [2.75, 3.05) is 39.6 Å². The monoisotopic (exact) mass is 1400 g/mol. The first kappa shape index (κ1) is 93.1. The molecule has 0 spiro atoms. The standard InChI is InChI=1S/C76H148O17P2/c1-66(2)52-44-36-28-21-16-12-10-9-11-13-18-24-32-40-48-56-73(78)86-62-71(92-75(80)58-50-42-33-25-19-15-14-17-22-29-37-45-53-67(3)4)64-90-94(82,83)88-60-70(77)61-89-95(84,85)91-65-72(63-87-74(79)57-49-41-35-27-31-39-47-55-69(7)8)93-76(81)59-51-43-34-26-20-23-30-38-46-54-68(5)6/h66-72,77H,9-65H2,1-8H3,(H,82,83)(H,84,85)/t70?,71-,72-/m1/s1. The van der Waals surface area contributed by atoms with Crippen molar-refractivity contribution in [3.05, 3.63) is 0 Å². The summed E-state index contributed by atoms with van der Waals surface area (Å²) in [4.78, 5) is 72.8. The van der Waals surface area contributed by atoms with E-state index in [1.165, 1.54) is 180 Å². The SMILES string of the molecule is CC(C)CCCCCCCCCCCCCCCCCC(=O)OC[C@H](COP(=O)(O)OCC(O)COP(=O)(O)OC[C@@H](COC(=O)CCCCCCCCCC(C)C)OC(=O)CCCCCCCCCCCC(C)C)OC(=O)CCCCCCCCCCCCCCC(C)C. The Bertz CT molecular complexity index is 1870. The summed E-state index contributed by atoms with van der Waals surface area (Å²) in [5.41, 5.74) is 0. The lowest BCUT2D eigenvalue weighted by molar-refractivity contribution is -0.161. The van der Waals surface area contributed by atoms with Gasteiger partial charge in [0.2, 0.25) is 0 Å². The highest BCUT2D eigenvalue weighted by Crippen LogP contribution is 2.45. The van der Waals surface area contributed by atoms with Crippen LogP contribution in [0.1, 0.15) is 383 Å². The molecule has 0 aliphatic rings. The molecule has 0 bridgehead atoms. The molecule has 0 rings (SSSR count). The van der Waals surface area contributed by atoms with Crippen LogP contribution in [0.3, 0.4) is 0 Å². The number of rotatable bonds is 73. The normalized spacial score (nSPS) is 14.1. The highest BCUT2D eigenvalue weighted by Gasteiger charge is 2.30. The van der Waals surface area contributed by atoms with Crippen molar-refractivity contribution >= 4 is 39.5 Å². The van der Waals surface area contributed by atoms with Gasteiger partial charge in [0.1, 0.15) is 19.3 Å². The maximum atomic E-state index is 13.1. The van der Waals surface area contributed by atoms with Gasteiger partial charge in [0, 0.05) is 25.7 Å². The molecule has 0 amide bonds. The molecule has 17 nitrogen and oxygen atoms in total. The number of aliphatic hydroxyl groups excluding tert-OH is 1. The fourth-order valence-corrected chi connectivity index (χ4v) is 13.1. The maximum Gasteiger partial charge on any atom is 0.472 e. The van der Waals surface area contributed by atoms with E-state index < -0.39 is 97.5 Å². The summed E-state index contributed by atoms with van der Waals surface area (Å²) >= 11 is 0. The number of unbranched alkanes of at least 4 members (excludes halogenated alkanes) is 39. The van der Waals surface area contributed by atoms with Crippen LogP contribution in [0.5, 0.6) is 0 Å². The summed E-state index contributed by atoms with van der Waals surface area (Å²) in [6.45, 7) is 14.2. The first-order valence-electron chi connectivity index (χ1n) is 39.2. The van der Waals surface area contributed by atoms with Crippen LogP contribution in [-0.2, 0) is 65.4 Å². The topological polar surface area (TPSA) is 237 Å². The second-order valence-electron chi connectivity index (χ2n) is 29.3. The van der Waals surface area contributed by atoms with Crippen LogP contribution < -0.4 is 0 Å². The van der Waals surface area contributed by atoms with Gasteiger partial charge in [-0.05, 0) is 49.4 Å². The van der Waals surface area contributed by atoms with Crippen molar-refractivity contribution in [1.29, 1.82) is 0 Å². The van der Waals surface area contributed by atoms with Crippen molar-refractivity contribution < 1.29 is 80.2 Å². The second-order valence-corrected chi connectivity index (χ2v) is 32.2. The van der Waals surface area contributed by atoms with Gasteiger partial charge >= 0.3 is 39.5 Å². The third kappa shape index (κ3) is 70.3. The Labute approximate surface area is 581 Å². The molecule has 0 aliphatic heterocycles. The van der Waals surface area contributed by atoms with Gasteiger partial charge in [-0.1, -0.05) is 331 Å². The lowest BCUT2D eigenvalue weighted by atomic mass is 10.0. The summed E-state index contributed by atoms with van der Waals surface area (Å²) in [5, 5.41) is 10.6. The van der Waals surface area contributed by atoms with Crippen molar-refractivity contribution in [3.8, 4) is 0 Å². The number of phosphoric acid groups is 2. The third-order valence-electron chi connectivity index (χ3n) is 17.6. The van der Waals surface area contributed by atoms with Gasteiger partial charge < -0.3 is 33.8 Å². The van der Waals surface area contributed by atoms with Gasteiger partial charge in [0.25, 0.3) is 0 Å². The van der Waals surface area contributed by atoms with Gasteiger partial charge in [-0.25, -0.2) is 9.13 Å². The van der Waals surface area contributed by atoms with Crippen LogP contribution in [0.4, 0.5) is 0 Å². The Kier molecular flexibility index (Phi) is 64.0. The smallest absolute Gasteiger partial charge is 0.462 e. The van der Waals surface area contributed by atoms with Crippen LogP contribution in [0.2, 0.25) is 0 Å². The van der Waals surface area contributed by atoms with Gasteiger partial charge in [-0.2, -0.15) is 0 Å². The molecule has 95 heavy (non-hydrogen) atoms. The zero-order valence-corrected chi connectivity index (χ0v) is 64.1. The van der Waals surface area contributed by atoms with Crippen molar-refractivity contribution in [3.63, 3.8) is 0 Å². The summed E-state index contributed by atoms with van der Waals surface area (Å²) in [6, 6.07) is 0. The molecule has 0 aromatic rings. The maximum absolute atomic E-state index is 13.1. The number of hydrogen-bond acceptors (Lipinski definition) is 15. The molecule has 564 valence electrons. The van der Waals surface area contributed by atoms with E-state index in [9.17, 15) is 43.2 Å². The first-order valence-corrected chi connectivity index (χ1v) is 42.2. The molecular formula is C76H148O17P2. The average molecular weight is 1400 g/mol. The number of esters is 4. The molecule has 5 atom stereocenters. The van der Waals surface area contributed by atoms with Gasteiger partial charge in [-0.3, -0.25) is 37.3 Å². The molecule has 0 saturated carbocycles. The summed E-state index contributed by atoms with van der Waals surface area (Å²) in [5.74, 6) is 0.903. The highest BCUT2D eigenvalue weighted by molar-refractivity contribution is 7.47. The number of aliphatic hydroxyl groups is 1. The molecule has 0 radical (unpaired) electrons. The van der Waals surface area contributed by atoms with E-state index in [2.05, 4.69) is 55.4 Å². The number of hydrogen-bond donors (Lipinski definition) is 3. The van der Waals surface area contributed by atoms with E-state index >= 15 is 0 Å². The zero-order valence-electron chi connectivity index (χ0n) is 62.3. The van der Waals surface area contributed by atoms with Gasteiger partial charge in [-0.15, -0.1) is 0 Å². The molecule has 0 aromatic carbocycles. The second kappa shape index (κ2) is 65.4. The fraction of sp³-hybridized carbons (Fsp3) is 0.947. The Hall–Kier alpha value is -1.94. The first-order chi connectivity index (χ1) is 45.6. The number of carbonyl (C=O) groups is 4. The van der Waals surface area contributed by atoms with Crippen LogP contribution in [0, 0.1) is 23.7 Å². The molecule has 3 N–H and O–H groups in total. The van der Waals surface area contributed by atoms with Crippen molar-refractivity contribution in [1.82, 2.24) is 0 Å². The Balaban J connectivity index is 5.24. The fourth-order valence-electron chi connectivity index (χ4n) is 11.6. The van der Waals surface area contributed by atoms with E-state index in [1.54, 1.807) is 0 Å². The van der Waals surface area contributed by atoms with Gasteiger partial charge in [0.15, 0.2) is 12.2 Å². The predicted molar refractivity (Wildman–Crippen MR) is 386 cm³/mol. The minimum absolute atomic E-state index is 0.104. The minimum atomic E-state index is -4.96. The summed E-state index contributed by atoms with van der Waals surface area (Å²) < 4.78 is 68.5. The van der Waals surface area contributed by atoms with Gasteiger partial charge in [0.05, 0.1) is 26.4 Å². The van der Waals surface area contributed by atoms with Crippen LogP contribution in [0.25, 0.3) is 0 Å². The minimum Gasteiger partial charge on any atom is -0.462 e. The van der Waals surface area contributed by atoms with Crippen molar-refractivity contribution in [2.45, 2.75) is 401 Å². The Morgan fingerprint density at radius 2 is 0.442 bits per heavy atom. The molecule has 19 heteroatoms. The highest BCUT2D eigenvalue weighted by atomic mass is 31.2. The average Bonchev–Trinajstić information content (AvgIpc) is 1.29. The van der Waals surface area contributed by atoms with E-state index in [0.29, 0.717) is 31.6 Å². The van der Waals surface area contributed by atoms with Crippen molar-refractivity contribution in [2.24, 2.45) is 23.7 Å². The number of phosphoric ester groups is 2. The summed E-state index contributed by atoms with van der Waals surface area (Å²) in [6.07, 6.45) is 50.1. The Morgan fingerprint density at radius 1 is 0.263 bits per heavy atom. The molecule has 3 unspecified atom stereocenters. The largest absolute Gasteiger partial charge is 0.472 e. The molecular weight excluding hydrogens is 1250 g/mol. The van der Waals surface area contributed by atoms with E-state index in [4.69, 9.17) is 37.0 Å².